The molecule has 0 radical (unpaired) electrons. The van der Waals surface area contributed by atoms with Gasteiger partial charge in [-0.05, 0) is 30.2 Å². The van der Waals surface area contributed by atoms with Gasteiger partial charge in [0.25, 0.3) is 0 Å². The smallest absolute Gasteiger partial charge is 0.377 e. The molecule has 30 heavy (non-hydrogen) atoms. The van der Waals surface area contributed by atoms with Gasteiger partial charge in [0.15, 0.2) is 5.78 Å². The molecule has 0 unspecified atom stereocenters. The van der Waals surface area contributed by atoms with Crippen LogP contribution in [0.25, 0.3) is 0 Å². The minimum absolute atomic E-state index is 0.0694. The van der Waals surface area contributed by atoms with E-state index in [2.05, 4.69) is 19.9 Å². The lowest BCUT2D eigenvalue weighted by Crippen LogP contribution is -2.55. The van der Waals surface area contributed by atoms with E-state index in [1.807, 2.05) is 0 Å². The van der Waals surface area contributed by atoms with Gasteiger partial charge in [-0.25, -0.2) is 4.98 Å². The molecule has 2 aliphatic heterocycles. The molecule has 0 atom stereocenters. The maximum atomic E-state index is 13.7. The number of carbonyl (C=O) groups excluding carboxylic acids is 1. The lowest BCUT2D eigenvalue weighted by Gasteiger charge is -2.37. The summed E-state index contributed by atoms with van der Waals surface area (Å²) >= 11 is 0. The minimum Gasteiger partial charge on any atom is -0.381 e. The molecule has 2 aromatic rings. The Labute approximate surface area is 169 Å². The number of anilines is 1. The first kappa shape index (κ1) is 20.6. The van der Waals surface area contributed by atoms with Crippen molar-refractivity contribution in [2.45, 2.75) is 31.5 Å². The van der Waals surface area contributed by atoms with Crippen molar-refractivity contribution >= 4 is 11.6 Å². The maximum Gasteiger partial charge on any atom is 0.377 e. The number of fused-ring (bicyclic) bond motifs is 1. The molecule has 0 spiro atoms. The molecule has 2 aromatic heterocycles. The highest BCUT2D eigenvalue weighted by Crippen LogP contribution is 2.36. The molecule has 0 amide bonds. The van der Waals surface area contributed by atoms with Crippen molar-refractivity contribution in [2.75, 3.05) is 31.2 Å². The average molecular weight is 426 g/mol. The Morgan fingerprint density at radius 1 is 1.13 bits per heavy atom. The van der Waals surface area contributed by atoms with Crippen molar-refractivity contribution in [1.82, 2.24) is 15.2 Å². The van der Waals surface area contributed by atoms with E-state index in [9.17, 15) is 22.4 Å². The van der Waals surface area contributed by atoms with Crippen LogP contribution in [-0.2, 0) is 28.7 Å². The second-order valence-electron chi connectivity index (χ2n) is 7.11. The number of aromatic nitrogens is 3. The van der Waals surface area contributed by atoms with E-state index in [1.165, 1.54) is 12.3 Å². The van der Waals surface area contributed by atoms with Crippen LogP contribution in [0.3, 0.4) is 0 Å². The van der Waals surface area contributed by atoms with Crippen LogP contribution >= 0.6 is 0 Å². The van der Waals surface area contributed by atoms with Gasteiger partial charge in [-0.2, -0.15) is 27.8 Å². The molecule has 0 N–H and O–H groups in total. The molecule has 1 saturated heterocycles. The number of carbonyl (C=O) groups is 1. The minimum atomic E-state index is -4.05. The summed E-state index contributed by atoms with van der Waals surface area (Å²) in [5.74, 6) is -0.454. The zero-order valence-corrected chi connectivity index (χ0v) is 15.8. The van der Waals surface area contributed by atoms with E-state index in [1.54, 1.807) is 12.1 Å². The number of morpholine rings is 1. The van der Waals surface area contributed by atoms with Crippen molar-refractivity contribution in [3.05, 3.63) is 46.9 Å². The zero-order valence-electron chi connectivity index (χ0n) is 15.8. The van der Waals surface area contributed by atoms with Crippen molar-refractivity contribution in [1.29, 1.82) is 0 Å². The molecular weight excluding hydrogens is 408 g/mol. The van der Waals surface area contributed by atoms with Crippen LogP contribution in [0.1, 0.15) is 27.3 Å². The number of Topliss-reactive ketones (excluding diaryl/α,β-unsaturated/α-hetero) is 1. The van der Waals surface area contributed by atoms with Crippen LogP contribution in [0.2, 0.25) is 0 Å². The molecule has 4 heterocycles. The molecule has 4 rings (SSSR count). The fourth-order valence-corrected chi connectivity index (χ4v) is 3.58. The Kier molecular flexibility index (Phi) is 5.41. The van der Waals surface area contributed by atoms with Crippen LogP contribution in [0.15, 0.2) is 24.4 Å². The summed E-state index contributed by atoms with van der Waals surface area (Å²) < 4.78 is 63.8. The first-order valence-corrected chi connectivity index (χ1v) is 9.33. The van der Waals surface area contributed by atoms with Gasteiger partial charge in [0.2, 0.25) is 0 Å². The Bertz CT molecular complexity index is 927. The predicted molar refractivity (Wildman–Crippen MR) is 95.7 cm³/mol. The van der Waals surface area contributed by atoms with E-state index >= 15 is 0 Å². The molecule has 160 valence electrons. The standard InChI is InChI=1S/C19H18F4N4O3/c20-18(21)10-27(11-19(22,23)30-18)17-9-14(13-3-6-29-7-4-15(13)25-17)16(28)8-12-2-1-5-24-26-12/h1-2,5,9H,3-4,6-8,10-11H2. The summed E-state index contributed by atoms with van der Waals surface area (Å²) in [5, 5.41) is 7.62. The lowest BCUT2D eigenvalue weighted by atomic mass is 9.96. The molecule has 0 aliphatic carbocycles. The number of alkyl halides is 4. The summed E-state index contributed by atoms with van der Waals surface area (Å²) in [4.78, 5) is 18.1. The first-order chi connectivity index (χ1) is 14.2. The quantitative estimate of drug-likeness (QED) is 0.549. The van der Waals surface area contributed by atoms with Gasteiger partial charge in [-0.15, -0.1) is 0 Å². The summed E-state index contributed by atoms with van der Waals surface area (Å²) in [7, 11) is 0. The van der Waals surface area contributed by atoms with E-state index in [4.69, 9.17) is 4.74 Å². The van der Waals surface area contributed by atoms with Gasteiger partial charge in [0, 0.05) is 23.9 Å². The fraction of sp³-hybridized carbons (Fsp3) is 0.474. The normalized spacial score (nSPS) is 20.3. The topological polar surface area (TPSA) is 77.4 Å². The molecule has 0 bridgehead atoms. The van der Waals surface area contributed by atoms with Crippen molar-refractivity contribution in [3.8, 4) is 0 Å². The molecule has 2 aliphatic rings. The number of rotatable bonds is 4. The highest BCUT2D eigenvalue weighted by Gasteiger charge is 2.52. The fourth-order valence-electron chi connectivity index (χ4n) is 3.58. The largest absolute Gasteiger partial charge is 0.381 e. The number of ether oxygens (including phenoxy) is 2. The molecule has 1 fully saturated rings. The highest BCUT2D eigenvalue weighted by atomic mass is 19.3. The molecule has 11 heteroatoms. The second-order valence-corrected chi connectivity index (χ2v) is 7.11. The van der Waals surface area contributed by atoms with Crippen LogP contribution < -0.4 is 4.90 Å². The Balaban J connectivity index is 1.73. The van der Waals surface area contributed by atoms with Gasteiger partial charge in [-0.1, -0.05) is 0 Å². The van der Waals surface area contributed by atoms with Crippen molar-refractivity contribution in [2.24, 2.45) is 0 Å². The molecule has 7 nitrogen and oxygen atoms in total. The number of ketones is 1. The van der Waals surface area contributed by atoms with Gasteiger partial charge < -0.3 is 9.64 Å². The summed E-state index contributed by atoms with van der Waals surface area (Å²) in [6.07, 6.45) is -5.96. The molecule has 0 saturated carbocycles. The Morgan fingerprint density at radius 3 is 2.57 bits per heavy atom. The first-order valence-electron chi connectivity index (χ1n) is 9.33. The maximum absolute atomic E-state index is 13.7. The monoisotopic (exact) mass is 426 g/mol. The summed E-state index contributed by atoms with van der Waals surface area (Å²) in [6, 6.07) is 4.57. The Morgan fingerprint density at radius 2 is 1.87 bits per heavy atom. The number of pyridine rings is 1. The van der Waals surface area contributed by atoms with Crippen LogP contribution in [-0.4, -0.2) is 59.5 Å². The Hall–Kier alpha value is -2.66. The number of halogens is 4. The van der Waals surface area contributed by atoms with Crippen molar-refractivity contribution in [3.63, 3.8) is 0 Å². The van der Waals surface area contributed by atoms with Crippen LogP contribution in [0, 0.1) is 0 Å². The second kappa shape index (κ2) is 7.88. The van der Waals surface area contributed by atoms with Crippen LogP contribution in [0.4, 0.5) is 23.4 Å². The predicted octanol–water partition coefficient (Wildman–Crippen LogP) is 2.43. The molecule has 0 aromatic carbocycles. The van der Waals surface area contributed by atoms with Gasteiger partial charge in [0.1, 0.15) is 18.9 Å². The third-order valence-corrected chi connectivity index (χ3v) is 4.82. The van der Waals surface area contributed by atoms with Gasteiger partial charge >= 0.3 is 12.2 Å². The lowest BCUT2D eigenvalue weighted by molar-refractivity contribution is -0.380. The third-order valence-electron chi connectivity index (χ3n) is 4.82. The molecular formula is C19H18F4N4O3. The summed E-state index contributed by atoms with van der Waals surface area (Å²) in [6.45, 7) is -1.49. The average Bonchev–Trinajstić information content (AvgIpc) is 2.91. The van der Waals surface area contributed by atoms with Gasteiger partial charge in [-0.3, -0.25) is 9.53 Å². The van der Waals surface area contributed by atoms with E-state index in [0.717, 1.165) is 4.90 Å². The number of hydrogen-bond acceptors (Lipinski definition) is 7. The van der Waals surface area contributed by atoms with Crippen molar-refractivity contribution < 1.29 is 31.8 Å². The third kappa shape index (κ3) is 4.57. The summed E-state index contributed by atoms with van der Waals surface area (Å²) in [5.41, 5.74) is 1.79. The number of nitrogens with zero attached hydrogens (tertiary/aromatic N) is 4. The van der Waals surface area contributed by atoms with Gasteiger partial charge in [0.05, 0.1) is 25.3 Å². The zero-order chi connectivity index (χ0) is 21.4. The van der Waals surface area contributed by atoms with E-state index in [-0.39, 0.29) is 23.6 Å². The van der Waals surface area contributed by atoms with E-state index in [0.29, 0.717) is 43.0 Å². The number of hydrogen-bond donors (Lipinski definition) is 0. The SMILES string of the molecule is O=C(Cc1cccnn1)c1cc(N2CC(F)(F)OC(F)(F)C2)nc2c1CCOCC2. The highest BCUT2D eigenvalue weighted by molar-refractivity contribution is 5.99. The van der Waals surface area contributed by atoms with Crippen LogP contribution in [0.5, 0.6) is 0 Å². The van der Waals surface area contributed by atoms with E-state index < -0.39 is 25.3 Å².